The summed E-state index contributed by atoms with van der Waals surface area (Å²) >= 11 is 0. The van der Waals surface area contributed by atoms with E-state index in [1.54, 1.807) is 0 Å². The van der Waals surface area contributed by atoms with Crippen molar-refractivity contribution in [3.8, 4) is 5.75 Å². The second-order valence-electron chi connectivity index (χ2n) is 7.98. The Hall–Kier alpha value is -1.55. The number of para-hydroxylation sites is 1. The molecule has 4 heteroatoms. The molecule has 0 atom stereocenters. The van der Waals surface area contributed by atoms with Gasteiger partial charge in [0.2, 0.25) is 0 Å². The van der Waals surface area contributed by atoms with E-state index in [2.05, 4.69) is 27.7 Å². The molecule has 1 fully saturated rings. The number of benzene rings is 1. The highest BCUT2D eigenvalue weighted by atomic mass is 16.7. The molecule has 140 valence electrons. The van der Waals surface area contributed by atoms with Gasteiger partial charge in [0.1, 0.15) is 12.4 Å². The summed E-state index contributed by atoms with van der Waals surface area (Å²) in [6, 6.07) is 6.05. The maximum Gasteiger partial charge on any atom is 0.513 e. The van der Waals surface area contributed by atoms with Crippen molar-refractivity contribution < 1.29 is 14.3 Å². The second-order valence-corrected chi connectivity index (χ2v) is 7.98. The highest BCUT2D eigenvalue weighted by Gasteiger charge is 2.32. The van der Waals surface area contributed by atoms with Crippen LogP contribution in [0.3, 0.4) is 0 Å². The summed E-state index contributed by atoms with van der Waals surface area (Å²) in [5, 5.41) is 0. The molecule has 0 radical (unpaired) electrons. The molecule has 0 unspecified atom stereocenters. The van der Waals surface area contributed by atoms with E-state index in [4.69, 9.17) is 15.2 Å². The summed E-state index contributed by atoms with van der Waals surface area (Å²) in [6.07, 6.45) is 4.99. The van der Waals surface area contributed by atoms with Gasteiger partial charge in [0.15, 0.2) is 0 Å². The third-order valence-electron chi connectivity index (χ3n) is 5.35. The van der Waals surface area contributed by atoms with Crippen LogP contribution in [0.5, 0.6) is 5.75 Å². The molecule has 0 spiro atoms. The van der Waals surface area contributed by atoms with E-state index < -0.39 is 6.16 Å². The van der Waals surface area contributed by atoms with Crippen LogP contribution >= 0.6 is 0 Å². The first-order chi connectivity index (χ1) is 11.9. The molecule has 0 heterocycles. The Bertz CT molecular complexity index is 548. The minimum atomic E-state index is -0.617. The molecule has 1 aromatic rings. The summed E-state index contributed by atoms with van der Waals surface area (Å²) in [5.74, 6) is 1.20. The molecule has 1 aliphatic carbocycles. The van der Waals surface area contributed by atoms with Gasteiger partial charge in [0, 0.05) is 12.0 Å². The molecule has 4 nitrogen and oxygen atoms in total. The Morgan fingerprint density at radius 2 is 1.64 bits per heavy atom. The summed E-state index contributed by atoms with van der Waals surface area (Å²) in [7, 11) is 0. The first kappa shape index (κ1) is 19.8. The summed E-state index contributed by atoms with van der Waals surface area (Å²) < 4.78 is 11.2. The summed E-state index contributed by atoms with van der Waals surface area (Å²) in [6.45, 7) is 9.31. The third kappa shape index (κ3) is 4.97. The molecule has 0 bridgehead atoms. The van der Waals surface area contributed by atoms with Crippen molar-refractivity contribution in [2.24, 2.45) is 11.1 Å². The quantitative estimate of drug-likeness (QED) is 0.556. The van der Waals surface area contributed by atoms with Gasteiger partial charge in [-0.25, -0.2) is 4.79 Å². The maximum atomic E-state index is 12.4. The Labute approximate surface area is 152 Å². The molecule has 0 amide bonds. The van der Waals surface area contributed by atoms with Crippen LogP contribution in [0.2, 0.25) is 0 Å². The van der Waals surface area contributed by atoms with E-state index in [0.717, 1.165) is 36.8 Å². The first-order valence-corrected chi connectivity index (χ1v) is 9.56. The minimum Gasteiger partial charge on any atom is -0.433 e. The summed E-state index contributed by atoms with van der Waals surface area (Å²) in [4.78, 5) is 12.4. The zero-order valence-corrected chi connectivity index (χ0v) is 16.1. The molecule has 1 aliphatic rings. The lowest BCUT2D eigenvalue weighted by atomic mass is 9.75. The van der Waals surface area contributed by atoms with Gasteiger partial charge in [-0.05, 0) is 35.8 Å². The van der Waals surface area contributed by atoms with Gasteiger partial charge in [-0.3, -0.25) is 0 Å². The van der Waals surface area contributed by atoms with E-state index in [9.17, 15) is 4.79 Å². The van der Waals surface area contributed by atoms with E-state index in [1.807, 2.05) is 18.2 Å². The Kier molecular flexibility index (Phi) is 6.88. The maximum absolute atomic E-state index is 12.4. The fraction of sp³-hybridized carbons (Fsp3) is 0.667. The van der Waals surface area contributed by atoms with Crippen LogP contribution < -0.4 is 10.5 Å². The molecule has 0 aliphatic heterocycles. The van der Waals surface area contributed by atoms with Gasteiger partial charge in [-0.2, -0.15) is 0 Å². The lowest BCUT2D eigenvalue weighted by molar-refractivity contribution is 0.0361. The first-order valence-electron chi connectivity index (χ1n) is 9.56. The monoisotopic (exact) mass is 347 g/mol. The Balaban J connectivity index is 2.09. The van der Waals surface area contributed by atoms with Crippen LogP contribution in [0.25, 0.3) is 0 Å². The van der Waals surface area contributed by atoms with Gasteiger partial charge in [-0.15, -0.1) is 0 Å². The van der Waals surface area contributed by atoms with Crippen LogP contribution in [-0.2, 0) is 4.74 Å². The van der Waals surface area contributed by atoms with E-state index >= 15 is 0 Å². The van der Waals surface area contributed by atoms with Crippen molar-refractivity contribution in [1.29, 1.82) is 0 Å². The average molecular weight is 347 g/mol. The SMILES string of the molecule is CC(C)c1cccc(C(C)C)c1OC(=O)OCC1(CN)CCCCC1. The smallest absolute Gasteiger partial charge is 0.433 e. The van der Waals surface area contributed by atoms with Crippen LogP contribution in [0.4, 0.5) is 4.79 Å². The molecule has 0 aromatic heterocycles. The van der Waals surface area contributed by atoms with Gasteiger partial charge < -0.3 is 15.2 Å². The highest BCUT2D eigenvalue weighted by Crippen LogP contribution is 2.37. The molecule has 2 N–H and O–H groups in total. The second kappa shape index (κ2) is 8.70. The van der Waals surface area contributed by atoms with Crippen molar-refractivity contribution in [2.75, 3.05) is 13.2 Å². The van der Waals surface area contributed by atoms with Crippen molar-refractivity contribution in [3.05, 3.63) is 29.3 Å². The van der Waals surface area contributed by atoms with Gasteiger partial charge >= 0.3 is 6.16 Å². The number of ether oxygens (including phenoxy) is 2. The zero-order chi connectivity index (χ0) is 18.4. The third-order valence-corrected chi connectivity index (χ3v) is 5.35. The summed E-state index contributed by atoms with van der Waals surface area (Å²) in [5.41, 5.74) is 7.97. The average Bonchev–Trinajstić information content (AvgIpc) is 2.60. The predicted molar refractivity (Wildman–Crippen MR) is 101 cm³/mol. The fourth-order valence-electron chi connectivity index (χ4n) is 3.63. The largest absolute Gasteiger partial charge is 0.513 e. The number of nitrogens with two attached hydrogens (primary N) is 1. The molecule has 2 rings (SSSR count). The van der Waals surface area contributed by atoms with Crippen molar-refractivity contribution in [3.63, 3.8) is 0 Å². The number of hydrogen-bond acceptors (Lipinski definition) is 4. The normalized spacial score (nSPS) is 16.9. The zero-order valence-electron chi connectivity index (χ0n) is 16.1. The lowest BCUT2D eigenvalue weighted by Gasteiger charge is -2.35. The Morgan fingerprint density at radius 3 is 2.12 bits per heavy atom. The molecule has 1 saturated carbocycles. The van der Waals surface area contributed by atoms with E-state index in [1.165, 1.54) is 6.42 Å². The number of hydrogen-bond donors (Lipinski definition) is 1. The molecule has 1 aromatic carbocycles. The Morgan fingerprint density at radius 1 is 1.08 bits per heavy atom. The van der Waals surface area contributed by atoms with Gasteiger partial charge in [0.05, 0.1) is 0 Å². The van der Waals surface area contributed by atoms with Gasteiger partial charge in [0.25, 0.3) is 0 Å². The molecular formula is C21H33NO3. The number of rotatable bonds is 6. The topological polar surface area (TPSA) is 61.5 Å². The lowest BCUT2D eigenvalue weighted by Crippen LogP contribution is -2.38. The van der Waals surface area contributed by atoms with Crippen LogP contribution in [0.1, 0.15) is 82.8 Å². The van der Waals surface area contributed by atoms with Crippen LogP contribution in [-0.4, -0.2) is 19.3 Å². The van der Waals surface area contributed by atoms with E-state index in [0.29, 0.717) is 18.9 Å². The molecule has 25 heavy (non-hydrogen) atoms. The fourth-order valence-corrected chi connectivity index (χ4v) is 3.63. The highest BCUT2D eigenvalue weighted by molar-refractivity contribution is 5.66. The molecular weight excluding hydrogens is 314 g/mol. The van der Waals surface area contributed by atoms with Crippen LogP contribution in [0, 0.1) is 5.41 Å². The van der Waals surface area contributed by atoms with Crippen molar-refractivity contribution in [1.82, 2.24) is 0 Å². The van der Waals surface area contributed by atoms with Gasteiger partial charge in [-0.1, -0.05) is 65.2 Å². The number of carbonyl (C=O) groups excluding carboxylic acids is 1. The van der Waals surface area contributed by atoms with Crippen LogP contribution in [0.15, 0.2) is 18.2 Å². The standard InChI is InChI=1S/C21H33NO3/c1-15(2)17-9-8-10-18(16(3)4)19(17)25-20(23)24-14-21(13-22)11-6-5-7-12-21/h8-10,15-16H,5-7,11-14,22H2,1-4H3. The van der Waals surface area contributed by atoms with Crippen molar-refractivity contribution in [2.45, 2.75) is 71.6 Å². The number of carbonyl (C=O) groups is 1. The minimum absolute atomic E-state index is 0.0737. The molecule has 0 saturated heterocycles. The van der Waals surface area contributed by atoms with E-state index in [-0.39, 0.29) is 17.3 Å². The predicted octanol–water partition coefficient (Wildman–Crippen LogP) is 5.36. The van der Waals surface area contributed by atoms with Crippen molar-refractivity contribution >= 4 is 6.16 Å².